The fourth-order valence-corrected chi connectivity index (χ4v) is 6.41. The second-order valence-corrected chi connectivity index (χ2v) is 10.4. The molecule has 0 aromatic heterocycles. The van der Waals surface area contributed by atoms with E-state index in [1.54, 1.807) is 0 Å². The van der Waals surface area contributed by atoms with Crippen molar-refractivity contribution in [2.24, 2.45) is 5.92 Å². The molecule has 5 rings (SSSR count). The Bertz CT molecular complexity index is 1230. The number of fused-ring (bicyclic) bond motifs is 2. The average Bonchev–Trinajstić information content (AvgIpc) is 3.11. The second-order valence-electron chi connectivity index (χ2n) is 10.4. The number of hydrogen-bond acceptors (Lipinski definition) is 3. The molecule has 0 saturated carbocycles. The Morgan fingerprint density at radius 2 is 1.38 bits per heavy atom. The molecule has 0 aliphatic carbocycles. The minimum Gasteiger partial charge on any atom is -0.396 e. The molecule has 9 heteroatoms. The standard InChI is InChI=1S/C30H29F6NO2/c31-29(32,33)24-13-21(14-25(15-24)30(34,35)36)19-39-27-12-11-26-22(18-38)16-28(27,23-9-5-2-6-10-23)37(26)17-20-7-3-1-4-8-20/h1-10,13-15,22,26-27,38H,11-12,16-19H2/t22-,26-,27+,28+/m0/s1. The summed E-state index contributed by atoms with van der Waals surface area (Å²) in [6.07, 6.45) is -8.55. The predicted octanol–water partition coefficient (Wildman–Crippen LogP) is 7.18. The molecule has 2 aliphatic rings. The quantitative estimate of drug-likeness (QED) is 0.317. The van der Waals surface area contributed by atoms with E-state index < -0.39 is 41.7 Å². The molecule has 4 atom stereocenters. The van der Waals surface area contributed by atoms with Crippen molar-refractivity contribution in [3.63, 3.8) is 0 Å². The summed E-state index contributed by atoms with van der Waals surface area (Å²) in [5.41, 5.74) is -1.59. The van der Waals surface area contributed by atoms with Gasteiger partial charge in [0.25, 0.3) is 0 Å². The fraction of sp³-hybridized carbons (Fsp3) is 0.400. The smallest absolute Gasteiger partial charge is 0.396 e. The maximum Gasteiger partial charge on any atom is 0.416 e. The first-order chi connectivity index (χ1) is 18.5. The van der Waals surface area contributed by atoms with Crippen LogP contribution in [-0.2, 0) is 35.8 Å². The molecule has 2 bridgehead atoms. The number of nitrogens with zero attached hydrogens (tertiary/aromatic N) is 1. The summed E-state index contributed by atoms with van der Waals surface area (Å²) in [4.78, 5) is 2.32. The molecule has 0 radical (unpaired) electrons. The number of piperidine rings is 1. The van der Waals surface area contributed by atoms with E-state index in [9.17, 15) is 31.4 Å². The minimum absolute atomic E-state index is 0.0279. The average molecular weight is 550 g/mol. The molecule has 0 unspecified atom stereocenters. The van der Waals surface area contributed by atoms with Crippen LogP contribution < -0.4 is 0 Å². The molecule has 3 aromatic carbocycles. The van der Waals surface area contributed by atoms with E-state index in [2.05, 4.69) is 4.90 Å². The second kappa shape index (κ2) is 10.6. The Morgan fingerprint density at radius 1 is 0.795 bits per heavy atom. The molecule has 3 aromatic rings. The number of halogens is 6. The van der Waals surface area contributed by atoms with Gasteiger partial charge in [0.15, 0.2) is 0 Å². The summed E-state index contributed by atoms with van der Waals surface area (Å²) < 4.78 is 86.9. The number of benzene rings is 3. The highest BCUT2D eigenvalue weighted by atomic mass is 19.4. The summed E-state index contributed by atoms with van der Waals surface area (Å²) in [5.74, 6) is -0.0482. The number of ether oxygens (including phenoxy) is 1. The van der Waals surface area contributed by atoms with Gasteiger partial charge < -0.3 is 9.84 Å². The number of hydrogen-bond donors (Lipinski definition) is 1. The van der Waals surface area contributed by atoms with Gasteiger partial charge in [-0.15, -0.1) is 0 Å². The maximum atomic E-state index is 13.4. The van der Waals surface area contributed by atoms with Crippen molar-refractivity contribution in [2.45, 2.75) is 62.5 Å². The van der Waals surface area contributed by atoms with Crippen LogP contribution >= 0.6 is 0 Å². The van der Waals surface area contributed by atoms with Crippen LogP contribution in [0.2, 0.25) is 0 Å². The Morgan fingerprint density at radius 3 is 1.95 bits per heavy atom. The highest BCUT2D eigenvalue weighted by molar-refractivity contribution is 5.34. The molecule has 3 nitrogen and oxygen atoms in total. The predicted molar refractivity (Wildman–Crippen MR) is 133 cm³/mol. The van der Waals surface area contributed by atoms with Gasteiger partial charge in [0.05, 0.1) is 29.4 Å². The minimum atomic E-state index is -4.92. The summed E-state index contributed by atoms with van der Waals surface area (Å²) in [5, 5.41) is 10.3. The lowest BCUT2D eigenvalue weighted by atomic mass is 9.78. The van der Waals surface area contributed by atoms with Crippen molar-refractivity contribution in [1.29, 1.82) is 0 Å². The summed E-state index contributed by atoms with van der Waals surface area (Å²) in [7, 11) is 0. The topological polar surface area (TPSA) is 32.7 Å². The molecule has 208 valence electrons. The van der Waals surface area contributed by atoms with Crippen LogP contribution in [0.4, 0.5) is 26.3 Å². The van der Waals surface area contributed by atoms with Gasteiger partial charge >= 0.3 is 12.4 Å². The first-order valence-corrected chi connectivity index (χ1v) is 12.9. The molecule has 0 spiro atoms. The first kappa shape index (κ1) is 27.7. The third-order valence-electron chi connectivity index (χ3n) is 8.09. The van der Waals surface area contributed by atoms with E-state index in [1.807, 2.05) is 60.7 Å². The van der Waals surface area contributed by atoms with Gasteiger partial charge in [-0.2, -0.15) is 26.3 Å². The van der Waals surface area contributed by atoms with Gasteiger partial charge in [0.2, 0.25) is 0 Å². The van der Waals surface area contributed by atoms with Crippen LogP contribution in [0, 0.1) is 5.92 Å². The van der Waals surface area contributed by atoms with E-state index in [1.165, 1.54) is 0 Å². The van der Waals surface area contributed by atoms with E-state index >= 15 is 0 Å². The number of rotatable bonds is 7. The number of alkyl halides is 6. The largest absolute Gasteiger partial charge is 0.416 e. The molecule has 2 aliphatic heterocycles. The molecular weight excluding hydrogens is 520 g/mol. The van der Waals surface area contributed by atoms with Crippen LogP contribution in [0.15, 0.2) is 78.9 Å². The zero-order chi connectivity index (χ0) is 27.8. The zero-order valence-electron chi connectivity index (χ0n) is 21.1. The van der Waals surface area contributed by atoms with Crippen LogP contribution in [-0.4, -0.2) is 28.8 Å². The molecule has 2 fully saturated rings. The highest BCUT2D eigenvalue weighted by Gasteiger charge is 2.59. The molecule has 2 saturated heterocycles. The van der Waals surface area contributed by atoms with Crippen LogP contribution in [0.5, 0.6) is 0 Å². The fourth-order valence-electron chi connectivity index (χ4n) is 6.41. The molecule has 1 N–H and O–H groups in total. The Hall–Kier alpha value is -2.88. The van der Waals surface area contributed by atoms with Crippen molar-refractivity contribution in [3.05, 3.63) is 107 Å². The van der Waals surface area contributed by atoms with Gasteiger partial charge in [0.1, 0.15) is 0 Å². The SMILES string of the molecule is OC[C@@H]1C[C@@]2(c3ccccc3)[C@H](OCc3cc(C(F)(F)F)cc(C(F)(F)F)c3)CC[C@@H]1N2Cc1ccccc1. The molecular formula is C30H29F6NO2. The third-order valence-corrected chi connectivity index (χ3v) is 8.09. The summed E-state index contributed by atoms with van der Waals surface area (Å²) in [6.45, 7) is 0.137. The van der Waals surface area contributed by atoms with Gasteiger partial charge in [0, 0.05) is 19.2 Å². The van der Waals surface area contributed by atoms with Crippen molar-refractivity contribution >= 4 is 0 Å². The highest BCUT2D eigenvalue weighted by Crippen LogP contribution is 2.55. The summed E-state index contributed by atoms with van der Waals surface area (Å²) in [6, 6.07) is 21.1. The van der Waals surface area contributed by atoms with Crippen molar-refractivity contribution < 1.29 is 36.2 Å². The Kier molecular flexibility index (Phi) is 7.52. The van der Waals surface area contributed by atoms with Crippen molar-refractivity contribution in [1.82, 2.24) is 4.90 Å². The zero-order valence-corrected chi connectivity index (χ0v) is 21.1. The maximum absolute atomic E-state index is 13.4. The van der Waals surface area contributed by atoms with Gasteiger partial charge in [-0.25, -0.2) is 0 Å². The van der Waals surface area contributed by atoms with E-state index in [0.29, 0.717) is 25.8 Å². The van der Waals surface area contributed by atoms with E-state index in [0.717, 1.165) is 23.3 Å². The van der Waals surface area contributed by atoms with E-state index in [4.69, 9.17) is 4.74 Å². The Balaban J connectivity index is 1.52. The van der Waals surface area contributed by atoms with Crippen LogP contribution in [0.25, 0.3) is 0 Å². The first-order valence-electron chi connectivity index (χ1n) is 12.9. The lowest BCUT2D eigenvalue weighted by Gasteiger charge is -2.50. The van der Waals surface area contributed by atoms with Gasteiger partial charge in [-0.05, 0) is 60.1 Å². The molecule has 0 amide bonds. The van der Waals surface area contributed by atoms with Crippen LogP contribution in [0.3, 0.4) is 0 Å². The molecule has 39 heavy (non-hydrogen) atoms. The third kappa shape index (κ3) is 5.44. The van der Waals surface area contributed by atoms with Crippen LogP contribution in [0.1, 0.15) is 47.1 Å². The van der Waals surface area contributed by atoms with Gasteiger partial charge in [-0.1, -0.05) is 60.7 Å². The number of aliphatic hydroxyl groups is 1. The van der Waals surface area contributed by atoms with Crippen molar-refractivity contribution in [3.8, 4) is 0 Å². The summed E-state index contributed by atoms with van der Waals surface area (Å²) >= 11 is 0. The molecule has 2 heterocycles. The normalized spacial score (nSPS) is 25.7. The van der Waals surface area contributed by atoms with Gasteiger partial charge in [-0.3, -0.25) is 4.90 Å². The Labute approximate surface area is 223 Å². The number of aliphatic hydroxyl groups excluding tert-OH is 1. The lowest BCUT2D eigenvalue weighted by Crippen LogP contribution is -2.56. The van der Waals surface area contributed by atoms with Crippen molar-refractivity contribution in [2.75, 3.05) is 6.61 Å². The lowest BCUT2D eigenvalue weighted by molar-refractivity contribution is -0.143. The monoisotopic (exact) mass is 549 g/mol. The van der Waals surface area contributed by atoms with E-state index in [-0.39, 0.29) is 30.2 Å².